The van der Waals surface area contributed by atoms with Crippen LogP contribution in [0.25, 0.3) is 10.9 Å². The van der Waals surface area contributed by atoms with Crippen LogP contribution in [0.3, 0.4) is 0 Å². The molecule has 0 amide bonds. The Labute approximate surface area is 200 Å². The van der Waals surface area contributed by atoms with Crippen LogP contribution >= 0.6 is 0 Å². The Kier molecular flexibility index (Phi) is 6.17. The number of fused-ring (bicyclic) bond motifs is 1. The molecule has 1 aliphatic rings. The molecular weight excluding hydrogens is 448 g/mol. The number of para-hydroxylation sites is 1. The van der Waals surface area contributed by atoms with Crippen LogP contribution < -0.4 is 0 Å². The van der Waals surface area contributed by atoms with Crippen LogP contribution in [0.2, 0.25) is 0 Å². The highest BCUT2D eigenvalue weighted by atomic mass is 16.9. The Balaban J connectivity index is 1.43. The van der Waals surface area contributed by atoms with E-state index in [0.29, 0.717) is 5.56 Å². The van der Waals surface area contributed by atoms with Crippen LogP contribution in [-0.4, -0.2) is 33.6 Å². The van der Waals surface area contributed by atoms with Crippen molar-refractivity contribution in [1.29, 1.82) is 0 Å². The smallest absolute Gasteiger partial charge is 0.406 e. The van der Waals surface area contributed by atoms with Crippen molar-refractivity contribution >= 4 is 28.6 Å². The Morgan fingerprint density at radius 2 is 1.46 bits per heavy atom. The highest BCUT2D eigenvalue weighted by molar-refractivity contribution is 6.37. The molecule has 2 heterocycles. The molecule has 4 aromatic rings. The van der Waals surface area contributed by atoms with E-state index in [0.717, 1.165) is 22.0 Å². The molecule has 5 rings (SSSR count). The molecule has 0 radical (unpaired) electrons. The third-order valence-electron chi connectivity index (χ3n) is 5.84. The van der Waals surface area contributed by atoms with Gasteiger partial charge in [-0.15, -0.1) is 0 Å². The molecule has 1 aliphatic heterocycles. The van der Waals surface area contributed by atoms with Gasteiger partial charge in [0.25, 0.3) is 0 Å². The number of carbonyl (C=O) groups is 2. The first-order valence-electron chi connectivity index (χ1n) is 11.1. The Morgan fingerprint density at radius 3 is 2.14 bits per heavy atom. The van der Waals surface area contributed by atoms with Gasteiger partial charge in [-0.25, -0.2) is 4.79 Å². The number of hydrogen-bond acceptors (Lipinski definition) is 6. The minimum Gasteiger partial charge on any atom is -0.460 e. The lowest BCUT2D eigenvalue weighted by atomic mass is 9.89. The first kappa shape index (κ1) is 22.2. The summed E-state index contributed by atoms with van der Waals surface area (Å²) in [6.45, 7) is -0.0203. The number of aromatic nitrogens is 1. The van der Waals surface area contributed by atoms with Gasteiger partial charge in [0.05, 0.1) is 4.90 Å². The van der Waals surface area contributed by atoms with Gasteiger partial charge in [0.15, 0.2) is 6.10 Å². The predicted molar refractivity (Wildman–Crippen MR) is 127 cm³/mol. The Hall–Kier alpha value is -4.59. The number of nitrogens with one attached hydrogen (secondary N) is 1. The van der Waals surface area contributed by atoms with Crippen molar-refractivity contribution in [3.05, 3.63) is 113 Å². The van der Waals surface area contributed by atoms with Crippen molar-refractivity contribution in [1.82, 2.24) is 4.98 Å². The minimum atomic E-state index is -1.35. The van der Waals surface area contributed by atoms with Gasteiger partial charge in [-0.3, -0.25) is 10.0 Å². The third-order valence-corrected chi connectivity index (χ3v) is 5.84. The van der Waals surface area contributed by atoms with Crippen LogP contribution in [0.1, 0.15) is 22.6 Å². The highest BCUT2D eigenvalue weighted by Gasteiger charge is 2.51. The maximum atomic E-state index is 13.1. The molecule has 8 nitrogen and oxygen atoms in total. The summed E-state index contributed by atoms with van der Waals surface area (Å²) in [6.07, 6.45) is 0.314. The summed E-state index contributed by atoms with van der Waals surface area (Å²) < 4.78 is 10.9. The zero-order valence-electron chi connectivity index (χ0n) is 18.6. The molecule has 0 bridgehead atoms. The van der Waals surface area contributed by atoms with Crippen LogP contribution in [0.5, 0.6) is 0 Å². The molecule has 0 spiro atoms. The van der Waals surface area contributed by atoms with Crippen LogP contribution in [-0.2, 0) is 37.1 Å². The summed E-state index contributed by atoms with van der Waals surface area (Å²) in [6, 6.07) is 25.7. The largest absolute Gasteiger partial charge is 0.460 e. The van der Waals surface area contributed by atoms with Gasteiger partial charge >= 0.3 is 17.7 Å². The van der Waals surface area contributed by atoms with Crippen molar-refractivity contribution < 1.29 is 28.8 Å². The number of benzene rings is 3. The lowest BCUT2D eigenvalue weighted by molar-refractivity contribution is -0.736. The summed E-state index contributed by atoms with van der Waals surface area (Å²) in [5.74, 6) is -2.64. The van der Waals surface area contributed by atoms with Gasteiger partial charge in [0.2, 0.25) is 0 Å². The predicted octanol–water partition coefficient (Wildman–Crippen LogP) is 4.00. The molecule has 1 aromatic heterocycles. The van der Waals surface area contributed by atoms with Crippen molar-refractivity contribution in [2.24, 2.45) is 0 Å². The monoisotopic (exact) mass is 470 g/mol. The summed E-state index contributed by atoms with van der Waals surface area (Å²) in [5.41, 5.74) is 2.59. The quantitative estimate of drug-likeness (QED) is 0.323. The number of H-pyrrole nitrogens is 1. The van der Waals surface area contributed by atoms with Crippen LogP contribution in [0, 0.1) is 5.21 Å². The molecule has 35 heavy (non-hydrogen) atoms. The molecule has 0 aliphatic carbocycles. The second-order valence-electron chi connectivity index (χ2n) is 8.09. The highest BCUT2D eigenvalue weighted by Crippen LogP contribution is 2.35. The second kappa shape index (κ2) is 9.72. The number of ether oxygens (including phenoxy) is 2. The number of esters is 2. The van der Waals surface area contributed by atoms with Crippen molar-refractivity contribution in [2.75, 3.05) is 0 Å². The summed E-state index contributed by atoms with van der Waals surface area (Å²) in [4.78, 5) is 34.7. The van der Waals surface area contributed by atoms with Gasteiger partial charge in [-0.2, -0.15) is 0 Å². The topological polar surface area (TPSA) is 104 Å². The number of hydrogen-bond donors (Lipinski definition) is 1. The van der Waals surface area contributed by atoms with Gasteiger partial charge < -0.3 is 19.3 Å². The molecule has 0 unspecified atom stereocenters. The lowest BCUT2D eigenvalue weighted by Crippen LogP contribution is -2.34. The maximum absolute atomic E-state index is 13.1. The number of rotatable bonds is 7. The third kappa shape index (κ3) is 4.59. The zero-order valence-corrected chi connectivity index (χ0v) is 18.6. The fourth-order valence-corrected chi connectivity index (χ4v) is 4.13. The number of carbonyl (C=O) groups excluding carboxylic acids is 2. The van der Waals surface area contributed by atoms with Gasteiger partial charge in [-0.1, -0.05) is 78.9 Å². The van der Waals surface area contributed by atoms with E-state index in [2.05, 4.69) is 4.98 Å². The Morgan fingerprint density at radius 1 is 0.857 bits per heavy atom. The normalized spacial score (nSPS) is 17.3. The zero-order chi connectivity index (χ0) is 24.2. The van der Waals surface area contributed by atoms with E-state index in [4.69, 9.17) is 14.3 Å². The summed E-state index contributed by atoms with van der Waals surface area (Å²) in [5, 5.41) is 13.6. The average Bonchev–Trinajstić information content (AvgIpc) is 3.47. The van der Waals surface area contributed by atoms with E-state index in [-0.39, 0.29) is 23.8 Å². The average molecular weight is 470 g/mol. The Bertz CT molecular complexity index is 1380. The first-order valence-corrected chi connectivity index (χ1v) is 11.1. The molecule has 8 heteroatoms. The van der Waals surface area contributed by atoms with Crippen molar-refractivity contribution in [2.45, 2.75) is 25.2 Å². The summed E-state index contributed by atoms with van der Waals surface area (Å²) in [7, 11) is 0. The van der Waals surface area contributed by atoms with Crippen LogP contribution in [0.15, 0.2) is 91.1 Å². The molecule has 3 aromatic carbocycles. The van der Waals surface area contributed by atoms with Gasteiger partial charge in [-0.05, 0) is 22.8 Å². The first-order chi connectivity index (χ1) is 17.1. The number of nitrogens with zero attached hydrogens (tertiary/aromatic N) is 1. The molecule has 0 saturated heterocycles. The van der Waals surface area contributed by atoms with E-state index < -0.39 is 24.0 Å². The molecular formula is C27H22N2O6. The SMILES string of the molecule is O=C(OCc1ccccc1)C1=[N+]([O-])O[C@@H](C(=O)OCc2ccccc2)[C@H]1c1c[nH]c2ccccc12. The van der Waals surface area contributed by atoms with Crippen molar-refractivity contribution in [3.8, 4) is 0 Å². The van der Waals surface area contributed by atoms with E-state index in [1.54, 1.807) is 18.3 Å². The van der Waals surface area contributed by atoms with Gasteiger partial charge in [0, 0.05) is 17.1 Å². The molecule has 0 saturated carbocycles. The number of aromatic amines is 1. The van der Waals surface area contributed by atoms with Crippen LogP contribution in [0.4, 0.5) is 0 Å². The van der Waals surface area contributed by atoms with Crippen molar-refractivity contribution in [3.63, 3.8) is 0 Å². The maximum Gasteiger partial charge on any atom is 0.406 e. The lowest BCUT2D eigenvalue weighted by Gasteiger charge is -2.17. The molecule has 1 N–H and O–H groups in total. The van der Waals surface area contributed by atoms with E-state index in [1.807, 2.05) is 72.8 Å². The summed E-state index contributed by atoms with van der Waals surface area (Å²) >= 11 is 0. The fourth-order valence-electron chi connectivity index (χ4n) is 4.13. The molecule has 176 valence electrons. The standard InChI is InChI=1S/C27H22N2O6/c30-26(33-16-18-9-3-1-4-10-18)24-23(21-15-28-22-14-8-7-13-20(21)22)25(35-29(24)32)27(31)34-17-19-11-5-2-6-12-19/h1-15,23,25,28H,16-17H2/t23-,25+/m0/s1. The van der Waals surface area contributed by atoms with Gasteiger partial charge in [0.1, 0.15) is 19.1 Å². The minimum absolute atomic E-state index is 0.00673. The van der Waals surface area contributed by atoms with E-state index in [9.17, 15) is 14.8 Å². The van der Waals surface area contributed by atoms with E-state index in [1.165, 1.54) is 0 Å². The fraction of sp³-hybridized carbons (Fsp3) is 0.148. The molecule has 2 atom stereocenters. The molecule has 0 fully saturated rings. The van der Waals surface area contributed by atoms with E-state index >= 15 is 0 Å². The second-order valence-corrected chi connectivity index (χ2v) is 8.09.